The highest BCUT2D eigenvalue weighted by atomic mass is 32.2. The number of thioether (sulfide) groups is 1. The molecule has 0 radical (unpaired) electrons. The van der Waals surface area contributed by atoms with Crippen LogP contribution in [0.3, 0.4) is 0 Å². The van der Waals surface area contributed by atoms with Gasteiger partial charge in [-0.1, -0.05) is 30.3 Å². The average Bonchev–Trinajstić information content (AvgIpc) is 2.62. The number of benzene rings is 2. The number of anilines is 1. The standard InChI is InChI=1S/C20H24N2O2S/c1-16-6-5-7-17(14-16)22-19(23)21-15-20(10-12-24-13-11-20)25-18-8-3-2-4-9-18/h2-9,14H,10-13,15H2,1H3,(H2,21,22,23). The summed E-state index contributed by atoms with van der Waals surface area (Å²) in [5.41, 5.74) is 1.94. The quantitative estimate of drug-likeness (QED) is 0.832. The third-order valence-electron chi connectivity index (χ3n) is 4.33. The Morgan fingerprint density at radius 3 is 2.60 bits per heavy atom. The average molecular weight is 356 g/mol. The summed E-state index contributed by atoms with van der Waals surface area (Å²) in [6.45, 7) is 4.10. The Morgan fingerprint density at radius 1 is 1.12 bits per heavy atom. The van der Waals surface area contributed by atoms with Gasteiger partial charge < -0.3 is 15.4 Å². The highest BCUT2D eigenvalue weighted by Gasteiger charge is 2.34. The molecule has 4 nitrogen and oxygen atoms in total. The van der Waals surface area contributed by atoms with E-state index in [1.165, 1.54) is 4.90 Å². The lowest BCUT2D eigenvalue weighted by molar-refractivity contribution is 0.0777. The van der Waals surface area contributed by atoms with Crippen LogP contribution in [0, 0.1) is 6.92 Å². The van der Waals surface area contributed by atoms with Crippen molar-refractivity contribution < 1.29 is 9.53 Å². The second-order valence-corrected chi connectivity index (χ2v) is 7.93. The van der Waals surface area contributed by atoms with Crippen LogP contribution in [0.25, 0.3) is 0 Å². The zero-order valence-electron chi connectivity index (χ0n) is 14.5. The van der Waals surface area contributed by atoms with E-state index in [1.54, 1.807) is 0 Å². The van der Waals surface area contributed by atoms with Gasteiger partial charge in [-0.05, 0) is 49.6 Å². The highest BCUT2D eigenvalue weighted by molar-refractivity contribution is 8.00. The van der Waals surface area contributed by atoms with Crippen LogP contribution in [-0.2, 0) is 4.74 Å². The Hall–Kier alpha value is -1.98. The molecule has 2 aromatic rings. The monoisotopic (exact) mass is 356 g/mol. The first kappa shape index (κ1) is 17.8. The fourth-order valence-corrected chi connectivity index (χ4v) is 4.24. The molecule has 0 atom stereocenters. The topological polar surface area (TPSA) is 50.4 Å². The zero-order chi connectivity index (χ0) is 17.5. The van der Waals surface area contributed by atoms with Gasteiger partial charge >= 0.3 is 6.03 Å². The van der Waals surface area contributed by atoms with E-state index in [4.69, 9.17) is 4.74 Å². The normalized spacial score (nSPS) is 16.2. The molecule has 25 heavy (non-hydrogen) atoms. The van der Waals surface area contributed by atoms with Gasteiger partial charge in [0.15, 0.2) is 0 Å². The number of carbonyl (C=O) groups excluding carboxylic acids is 1. The van der Waals surface area contributed by atoms with Crippen LogP contribution in [-0.4, -0.2) is 30.5 Å². The number of urea groups is 1. The second-order valence-electron chi connectivity index (χ2n) is 6.39. The van der Waals surface area contributed by atoms with E-state index in [0.29, 0.717) is 6.54 Å². The van der Waals surface area contributed by atoms with E-state index < -0.39 is 0 Å². The van der Waals surface area contributed by atoms with E-state index >= 15 is 0 Å². The summed E-state index contributed by atoms with van der Waals surface area (Å²) < 4.78 is 5.51. The maximum atomic E-state index is 12.3. The summed E-state index contributed by atoms with van der Waals surface area (Å²) in [5.74, 6) is 0. The Morgan fingerprint density at radius 2 is 1.88 bits per heavy atom. The molecular weight excluding hydrogens is 332 g/mol. The third-order valence-corrected chi connectivity index (χ3v) is 5.82. The number of rotatable bonds is 5. The number of amides is 2. The first-order valence-electron chi connectivity index (χ1n) is 8.59. The fourth-order valence-electron chi connectivity index (χ4n) is 2.94. The zero-order valence-corrected chi connectivity index (χ0v) is 15.3. The first-order chi connectivity index (χ1) is 12.2. The van der Waals surface area contributed by atoms with Gasteiger partial charge in [-0.2, -0.15) is 0 Å². The molecule has 2 amide bonds. The fraction of sp³-hybridized carbons (Fsp3) is 0.350. The minimum absolute atomic E-state index is 0.0243. The number of hydrogen-bond donors (Lipinski definition) is 2. The summed E-state index contributed by atoms with van der Waals surface area (Å²) >= 11 is 1.84. The van der Waals surface area contributed by atoms with Gasteiger partial charge in [-0.25, -0.2) is 4.79 Å². The molecule has 3 rings (SSSR count). The molecule has 0 bridgehead atoms. The molecular formula is C20H24N2O2S. The molecule has 132 valence electrons. The maximum Gasteiger partial charge on any atom is 0.319 e. The number of aryl methyl sites for hydroxylation is 1. The summed E-state index contributed by atoms with van der Waals surface area (Å²) in [7, 11) is 0. The molecule has 1 fully saturated rings. The SMILES string of the molecule is Cc1cccc(NC(=O)NCC2(Sc3ccccc3)CCOCC2)c1. The molecule has 2 N–H and O–H groups in total. The van der Waals surface area contributed by atoms with Crippen LogP contribution >= 0.6 is 11.8 Å². The minimum Gasteiger partial charge on any atom is -0.381 e. The van der Waals surface area contributed by atoms with Crippen molar-refractivity contribution in [3.63, 3.8) is 0 Å². The molecule has 1 heterocycles. The van der Waals surface area contributed by atoms with E-state index in [0.717, 1.165) is 37.3 Å². The van der Waals surface area contributed by atoms with Crippen LogP contribution in [0.5, 0.6) is 0 Å². The van der Waals surface area contributed by atoms with Crippen LogP contribution in [0.2, 0.25) is 0 Å². The van der Waals surface area contributed by atoms with Gasteiger partial charge in [0, 0.05) is 35.1 Å². The Kier molecular flexibility index (Phi) is 6.00. The number of ether oxygens (including phenoxy) is 1. The van der Waals surface area contributed by atoms with Crippen molar-refractivity contribution in [1.29, 1.82) is 0 Å². The van der Waals surface area contributed by atoms with Gasteiger partial charge in [0.2, 0.25) is 0 Å². The lowest BCUT2D eigenvalue weighted by Gasteiger charge is -2.36. The molecule has 1 aliphatic heterocycles. The second kappa shape index (κ2) is 8.41. The van der Waals surface area contributed by atoms with E-state index in [-0.39, 0.29) is 10.8 Å². The Bertz CT molecular complexity index is 700. The van der Waals surface area contributed by atoms with Crippen molar-refractivity contribution in [2.45, 2.75) is 29.4 Å². The largest absolute Gasteiger partial charge is 0.381 e. The van der Waals surface area contributed by atoms with Crippen LogP contribution in [0.1, 0.15) is 18.4 Å². The molecule has 1 aliphatic rings. The summed E-state index contributed by atoms with van der Waals surface area (Å²) in [5, 5.41) is 5.97. The molecule has 0 spiro atoms. The summed E-state index contributed by atoms with van der Waals surface area (Å²) in [6, 6.07) is 18.0. The number of hydrogen-bond acceptors (Lipinski definition) is 3. The van der Waals surface area contributed by atoms with Crippen molar-refractivity contribution in [2.75, 3.05) is 25.1 Å². The van der Waals surface area contributed by atoms with Gasteiger partial charge in [0.05, 0.1) is 0 Å². The van der Waals surface area contributed by atoms with Crippen molar-refractivity contribution in [1.82, 2.24) is 5.32 Å². The van der Waals surface area contributed by atoms with Gasteiger partial charge in [-0.3, -0.25) is 0 Å². The Labute approximate surface area is 153 Å². The van der Waals surface area contributed by atoms with Crippen molar-refractivity contribution in [3.05, 3.63) is 60.2 Å². The molecule has 0 unspecified atom stereocenters. The molecule has 0 saturated carbocycles. The predicted octanol–water partition coefficient (Wildman–Crippen LogP) is 4.46. The van der Waals surface area contributed by atoms with E-state index in [1.807, 2.05) is 61.2 Å². The van der Waals surface area contributed by atoms with E-state index in [2.05, 4.69) is 22.8 Å². The Balaban J connectivity index is 1.61. The van der Waals surface area contributed by atoms with E-state index in [9.17, 15) is 4.79 Å². The summed E-state index contributed by atoms with van der Waals surface area (Å²) in [4.78, 5) is 13.5. The van der Waals surface area contributed by atoms with Crippen molar-refractivity contribution >= 4 is 23.5 Å². The number of nitrogens with one attached hydrogen (secondary N) is 2. The predicted molar refractivity (Wildman–Crippen MR) is 103 cm³/mol. The van der Waals surface area contributed by atoms with Crippen molar-refractivity contribution in [3.8, 4) is 0 Å². The molecule has 2 aromatic carbocycles. The molecule has 1 saturated heterocycles. The third kappa shape index (κ3) is 5.25. The summed E-state index contributed by atoms with van der Waals surface area (Å²) in [6.07, 6.45) is 1.86. The van der Waals surface area contributed by atoms with Gasteiger partial charge in [-0.15, -0.1) is 11.8 Å². The lowest BCUT2D eigenvalue weighted by atomic mass is 9.99. The van der Waals surface area contributed by atoms with Crippen LogP contribution in [0.15, 0.2) is 59.5 Å². The maximum absolute atomic E-state index is 12.3. The smallest absolute Gasteiger partial charge is 0.319 e. The number of carbonyl (C=O) groups is 1. The van der Waals surface area contributed by atoms with Crippen molar-refractivity contribution in [2.24, 2.45) is 0 Å². The van der Waals surface area contributed by atoms with Crippen LogP contribution in [0.4, 0.5) is 10.5 Å². The molecule has 0 aliphatic carbocycles. The lowest BCUT2D eigenvalue weighted by Crippen LogP contribution is -2.45. The molecule has 5 heteroatoms. The first-order valence-corrected chi connectivity index (χ1v) is 9.40. The van der Waals surface area contributed by atoms with Gasteiger partial charge in [0.1, 0.15) is 0 Å². The van der Waals surface area contributed by atoms with Crippen LogP contribution < -0.4 is 10.6 Å². The van der Waals surface area contributed by atoms with Gasteiger partial charge in [0.25, 0.3) is 0 Å². The minimum atomic E-state index is -0.162. The molecule has 0 aromatic heterocycles. The highest BCUT2D eigenvalue weighted by Crippen LogP contribution is 2.40.